The molecule has 7 heteroatoms. The number of rotatable bonds is 7. The van der Waals surface area contributed by atoms with Crippen molar-refractivity contribution in [1.29, 1.82) is 0 Å². The average Bonchev–Trinajstić information content (AvgIpc) is 3.13. The molecule has 128 valence electrons. The van der Waals surface area contributed by atoms with E-state index in [1.807, 2.05) is 24.4 Å². The second kappa shape index (κ2) is 8.35. The number of carbonyl (C=O) groups is 2. The molecule has 0 bridgehead atoms. The first kappa shape index (κ1) is 17.8. The van der Waals surface area contributed by atoms with Gasteiger partial charge in [-0.15, -0.1) is 11.3 Å². The number of hydrogen-bond acceptors (Lipinski definition) is 6. The highest BCUT2D eigenvalue weighted by molar-refractivity contribution is 7.10. The van der Waals surface area contributed by atoms with Crippen molar-refractivity contribution in [3.8, 4) is 11.5 Å². The zero-order valence-electron chi connectivity index (χ0n) is 13.7. The van der Waals surface area contributed by atoms with Gasteiger partial charge in [0.15, 0.2) is 18.1 Å². The van der Waals surface area contributed by atoms with E-state index in [0.717, 1.165) is 4.88 Å². The summed E-state index contributed by atoms with van der Waals surface area (Å²) in [7, 11) is 2.76. The third-order valence-electron chi connectivity index (χ3n) is 3.29. The van der Waals surface area contributed by atoms with Gasteiger partial charge < -0.3 is 19.5 Å². The van der Waals surface area contributed by atoms with Gasteiger partial charge in [-0.2, -0.15) is 0 Å². The maximum atomic E-state index is 12.0. The molecule has 0 fully saturated rings. The van der Waals surface area contributed by atoms with E-state index in [0.29, 0.717) is 17.1 Å². The average molecular weight is 349 g/mol. The molecule has 6 nitrogen and oxygen atoms in total. The van der Waals surface area contributed by atoms with Crippen molar-refractivity contribution >= 4 is 23.2 Å². The third kappa shape index (κ3) is 4.48. The minimum Gasteiger partial charge on any atom is -0.493 e. The summed E-state index contributed by atoms with van der Waals surface area (Å²) in [5.74, 6) is 0.0263. The van der Waals surface area contributed by atoms with Crippen LogP contribution in [0.25, 0.3) is 0 Å². The van der Waals surface area contributed by atoms with Crippen LogP contribution < -0.4 is 14.8 Å². The van der Waals surface area contributed by atoms with E-state index in [9.17, 15) is 9.59 Å². The SMILES string of the molecule is COC(=O)c1ccc(OCC(=O)N[C@H](C)c2cccs2)c(OC)c1. The fourth-order valence-electron chi connectivity index (χ4n) is 2.07. The molecular weight excluding hydrogens is 330 g/mol. The van der Waals surface area contributed by atoms with Crippen molar-refractivity contribution < 1.29 is 23.8 Å². The van der Waals surface area contributed by atoms with Crippen molar-refractivity contribution in [2.24, 2.45) is 0 Å². The lowest BCUT2D eigenvalue weighted by Crippen LogP contribution is -2.30. The molecule has 1 aromatic heterocycles. The molecular formula is C17H19NO5S. The summed E-state index contributed by atoms with van der Waals surface area (Å²) in [6.45, 7) is 1.76. The maximum Gasteiger partial charge on any atom is 0.337 e. The molecule has 1 aromatic carbocycles. The summed E-state index contributed by atoms with van der Waals surface area (Å²) >= 11 is 1.58. The standard InChI is InChI=1S/C17H19NO5S/c1-11(15-5-4-8-24-15)18-16(19)10-23-13-7-6-12(17(20)22-3)9-14(13)21-2/h4-9,11H,10H2,1-3H3,(H,18,19)/t11-/m1/s1. The van der Waals surface area contributed by atoms with Crippen molar-refractivity contribution in [3.05, 3.63) is 46.2 Å². The van der Waals surface area contributed by atoms with E-state index in [1.54, 1.807) is 23.5 Å². The highest BCUT2D eigenvalue weighted by Gasteiger charge is 2.14. The highest BCUT2D eigenvalue weighted by Crippen LogP contribution is 2.28. The zero-order chi connectivity index (χ0) is 17.5. The second-order valence-corrected chi connectivity index (χ2v) is 5.93. The Hall–Kier alpha value is -2.54. The number of thiophene rings is 1. The van der Waals surface area contributed by atoms with Crippen molar-refractivity contribution in [3.63, 3.8) is 0 Å². The topological polar surface area (TPSA) is 73.9 Å². The molecule has 1 atom stereocenters. The molecule has 0 aliphatic heterocycles. The lowest BCUT2D eigenvalue weighted by molar-refractivity contribution is -0.123. The monoisotopic (exact) mass is 349 g/mol. The van der Waals surface area contributed by atoms with Gasteiger partial charge in [-0.3, -0.25) is 4.79 Å². The van der Waals surface area contributed by atoms with Gasteiger partial charge in [-0.05, 0) is 36.6 Å². The fourth-order valence-corrected chi connectivity index (χ4v) is 2.80. The Bertz CT molecular complexity index is 699. The van der Waals surface area contributed by atoms with Gasteiger partial charge in [0, 0.05) is 4.88 Å². The van der Waals surface area contributed by atoms with Crippen LogP contribution >= 0.6 is 11.3 Å². The molecule has 0 radical (unpaired) electrons. The Balaban J connectivity index is 1.95. The zero-order valence-corrected chi connectivity index (χ0v) is 14.5. The van der Waals surface area contributed by atoms with E-state index in [1.165, 1.54) is 20.3 Å². The third-order valence-corrected chi connectivity index (χ3v) is 4.35. The quantitative estimate of drug-likeness (QED) is 0.778. The van der Waals surface area contributed by atoms with Gasteiger partial charge in [0.05, 0.1) is 25.8 Å². The minimum atomic E-state index is -0.470. The van der Waals surface area contributed by atoms with Crippen molar-refractivity contribution in [1.82, 2.24) is 5.32 Å². The number of hydrogen-bond donors (Lipinski definition) is 1. The normalized spacial score (nSPS) is 11.5. The summed E-state index contributed by atoms with van der Waals surface area (Å²) in [5, 5.41) is 4.82. The molecule has 1 N–H and O–H groups in total. The number of methoxy groups -OCH3 is 2. The van der Waals surface area contributed by atoms with E-state index < -0.39 is 5.97 Å². The summed E-state index contributed by atoms with van der Waals surface area (Å²) in [6, 6.07) is 8.45. The van der Waals surface area contributed by atoms with Crippen LogP contribution in [0.2, 0.25) is 0 Å². The minimum absolute atomic E-state index is 0.0790. The van der Waals surface area contributed by atoms with Gasteiger partial charge in [0.25, 0.3) is 5.91 Å². The Morgan fingerprint density at radius 1 is 1.21 bits per heavy atom. The van der Waals surface area contributed by atoms with E-state index in [4.69, 9.17) is 9.47 Å². The number of amides is 1. The van der Waals surface area contributed by atoms with Crippen LogP contribution in [0, 0.1) is 0 Å². The Labute approximate surface area is 144 Å². The van der Waals surface area contributed by atoms with E-state index in [2.05, 4.69) is 10.1 Å². The summed E-state index contributed by atoms with van der Waals surface area (Å²) in [6.07, 6.45) is 0. The predicted molar refractivity (Wildman–Crippen MR) is 90.7 cm³/mol. The van der Waals surface area contributed by atoms with Crippen molar-refractivity contribution in [2.45, 2.75) is 13.0 Å². The number of benzene rings is 1. The predicted octanol–water partition coefficient (Wildman–Crippen LogP) is 2.80. The van der Waals surface area contributed by atoms with Gasteiger partial charge in [-0.1, -0.05) is 6.07 Å². The fraction of sp³-hybridized carbons (Fsp3) is 0.294. The molecule has 0 saturated heterocycles. The number of esters is 1. The molecule has 2 aromatic rings. The molecule has 0 aliphatic carbocycles. The second-order valence-electron chi connectivity index (χ2n) is 4.95. The Morgan fingerprint density at radius 2 is 2.00 bits per heavy atom. The molecule has 1 heterocycles. The number of nitrogens with one attached hydrogen (secondary N) is 1. The first-order valence-electron chi connectivity index (χ1n) is 7.27. The van der Waals surface area contributed by atoms with Crippen LogP contribution in [0.5, 0.6) is 11.5 Å². The number of ether oxygens (including phenoxy) is 3. The van der Waals surface area contributed by atoms with Crippen molar-refractivity contribution in [2.75, 3.05) is 20.8 Å². The van der Waals surface area contributed by atoms with Gasteiger partial charge in [0.2, 0.25) is 0 Å². The molecule has 0 saturated carbocycles. The van der Waals surface area contributed by atoms with E-state index in [-0.39, 0.29) is 18.6 Å². The Kier molecular flexibility index (Phi) is 6.20. The van der Waals surface area contributed by atoms with Crippen LogP contribution in [0.4, 0.5) is 0 Å². The molecule has 1 amide bonds. The Morgan fingerprint density at radius 3 is 2.62 bits per heavy atom. The first-order valence-corrected chi connectivity index (χ1v) is 8.15. The van der Waals surface area contributed by atoms with Crippen LogP contribution in [0.1, 0.15) is 28.2 Å². The molecule has 0 aliphatic rings. The summed E-state index contributed by atoms with van der Waals surface area (Å²) in [5.41, 5.74) is 0.345. The largest absolute Gasteiger partial charge is 0.493 e. The van der Waals surface area contributed by atoms with Crippen LogP contribution in [-0.2, 0) is 9.53 Å². The summed E-state index contributed by atoms with van der Waals surface area (Å²) in [4.78, 5) is 24.6. The van der Waals surface area contributed by atoms with E-state index >= 15 is 0 Å². The molecule has 0 spiro atoms. The smallest absolute Gasteiger partial charge is 0.337 e. The molecule has 24 heavy (non-hydrogen) atoms. The van der Waals surface area contributed by atoms with Gasteiger partial charge in [0.1, 0.15) is 0 Å². The lowest BCUT2D eigenvalue weighted by Gasteiger charge is -2.14. The van der Waals surface area contributed by atoms with Crippen LogP contribution in [0.15, 0.2) is 35.7 Å². The lowest BCUT2D eigenvalue weighted by atomic mass is 10.2. The molecule has 2 rings (SSSR count). The highest BCUT2D eigenvalue weighted by atomic mass is 32.1. The van der Waals surface area contributed by atoms with Gasteiger partial charge in [-0.25, -0.2) is 4.79 Å². The summed E-state index contributed by atoms with van der Waals surface area (Å²) < 4.78 is 15.3. The first-order chi connectivity index (χ1) is 11.5. The van der Waals surface area contributed by atoms with Crippen LogP contribution in [-0.4, -0.2) is 32.7 Å². The van der Waals surface area contributed by atoms with Gasteiger partial charge >= 0.3 is 5.97 Å². The molecule has 0 unspecified atom stereocenters. The maximum absolute atomic E-state index is 12.0. The van der Waals surface area contributed by atoms with Crippen LogP contribution in [0.3, 0.4) is 0 Å². The number of carbonyl (C=O) groups excluding carboxylic acids is 2.